The minimum absolute atomic E-state index is 0.00632. The van der Waals surface area contributed by atoms with Gasteiger partial charge in [0.05, 0.1) is 11.5 Å². The molecule has 3 N–H and O–H groups in total. The molecule has 1 aliphatic rings. The number of benzene rings is 1. The number of aliphatic carboxylic acids is 1. The number of aliphatic hydroxyl groups is 1. The first-order valence-corrected chi connectivity index (χ1v) is 7.34. The van der Waals surface area contributed by atoms with Crippen molar-refractivity contribution in [3.05, 3.63) is 35.6 Å². The van der Waals surface area contributed by atoms with Crippen molar-refractivity contribution >= 4 is 5.97 Å². The second-order valence-corrected chi connectivity index (χ2v) is 5.99. The Labute approximate surface area is 124 Å². The van der Waals surface area contributed by atoms with Gasteiger partial charge in [-0.1, -0.05) is 12.1 Å². The second-order valence-electron chi connectivity index (χ2n) is 5.99. The smallest absolute Gasteiger partial charge is 0.306 e. The number of nitrogens with one attached hydrogen (secondary N) is 1. The Morgan fingerprint density at radius 2 is 1.95 bits per heavy atom. The summed E-state index contributed by atoms with van der Waals surface area (Å²) in [5.74, 6) is -1.37. The second kappa shape index (κ2) is 6.54. The molecule has 5 heteroatoms. The Morgan fingerprint density at radius 3 is 2.48 bits per heavy atom. The molecule has 0 bridgehead atoms. The van der Waals surface area contributed by atoms with Crippen LogP contribution in [-0.2, 0) is 4.79 Å². The first kappa shape index (κ1) is 15.9. The Morgan fingerprint density at radius 1 is 1.38 bits per heavy atom. The fourth-order valence-electron chi connectivity index (χ4n) is 2.79. The topological polar surface area (TPSA) is 69.6 Å². The van der Waals surface area contributed by atoms with Gasteiger partial charge in [-0.2, -0.15) is 0 Å². The van der Waals surface area contributed by atoms with Gasteiger partial charge in [-0.25, -0.2) is 4.39 Å². The van der Waals surface area contributed by atoms with Crippen molar-refractivity contribution in [2.45, 2.75) is 44.2 Å². The summed E-state index contributed by atoms with van der Waals surface area (Å²) < 4.78 is 12.9. The lowest BCUT2D eigenvalue weighted by Crippen LogP contribution is -2.45. The van der Waals surface area contributed by atoms with Gasteiger partial charge in [0.15, 0.2) is 0 Å². The molecule has 0 spiro atoms. The van der Waals surface area contributed by atoms with E-state index in [1.165, 1.54) is 12.1 Å². The van der Waals surface area contributed by atoms with Gasteiger partial charge in [-0.05, 0) is 50.3 Å². The van der Waals surface area contributed by atoms with Crippen molar-refractivity contribution in [3.8, 4) is 0 Å². The Bertz CT molecular complexity index is 481. The van der Waals surface area contributed by atoms with E-state index >= 15 is 0 Å². The minimum Gasteiger partial charge on any atom is -0.481 e. The zero-order chi connectivity index (χ0) is 15.5. The number of hydrogen-bond acceptors (Lipinski definition) is 3. The molecule has 1 aromatic rings. The molecule has 21 heavy (non-hydrogen) atoms. The normalized spacial score (nSPS) is 27.3. The summed E-state index contributed by atoms with van der Waals surface area (Å²) in [5.41, 5.74) is 0.111. The van der Waals surface area contributed by atoms with Gasteiger partial charge in [0.25, 0.3) is 0 Å². The molecule has 1 saturated carbocycles. The predicted octanol–water partition coefficient (Wildman–Crippen LogP) is 2.48. The highest BCUT2D eigenvalue weighted by Gasteiger charge is 2.35. The van der Waals surface area contributed by atoms with E-state index in [4.69, 9.17) is 5.11 Å². The maximum atomic E-state index is 12.9. The number of carbonyl (C=O) groups is 1. The van der Waals surface area contributed by atoms with Crippen LogP contribution in [0.4, 0.5) is 4.39 Å². The molecule has 2 rings (SSSR count). The molecule has 1 aliphatic carbocycles. The van der Waals surface area contributed by atoms with Gasteiger partial charge in [-0.3, -0.25) is 4.79 Å². The van der Waals surface area contributed by atoms with Crippen LogP contribution in [0, 0.1) is 11.7 Å². The lowest BCUT2D eigenvalue weighted by Gasteiger charge is -2.35. The molecule has 0 heterocycles. The molecule has 116 valence electrons. The van der Waals surface area contributed by atoms with Crippen molar-refractivity contribution < 1.29 is 19.4 Å². The largest absolute Gasteiger partial charge is 0.481 e. The van der Waals surface area contributed by atoms with Crippen LogP contribution in [0.5, 0.6) is 0 Å². The first-order valence-electron chi connectivity index (χ1n) is 7.34. The number of hydrogen-bond donors (Lipinski definition) is 3. The molecule has 1 fully saturated rings. The third-order valence-electron chi connectivity index (χ3n) is 4.37. The molecule has 1 aromatic carbocycles. The summed E-state index contributed by atoms with van der Waals surface area (Å²) >= 11 is 0. The van der Waals surface area contributed by atoms with E-state index in [9.17, 15) is 14.3 Å². The van der Waals surface area contributed by atoms with Crippen LogP contribution in [0.25, 0.3) is 0 Å². The monoisotopic (exact) mass is 295 g/mol. The minimum atomic E-state index is -0.847. The number of rotatable bonds is 5. The molecule has 0 amide bonds. The Hall–Kier alpha value is -1.46. The highest BCUT2D eigenvalue weighted by molar-refractivity contribution is 5.70. The van der Waals surface area contributed by atoms with E-state index < -0.39 is 11.6 Å². The van der Waals surface area contributed by atoms with Gasteiger partial charge >= 0.3 is 5.97 Å². The van der Waals surface area contributed by atoms with Crippen molar-refractivity contribution in [1.29, 1.82) is 0 Å². The van der Waals surface area contributed by atoms with Crippen LogP contribution in [0.3, 0.4) is 0 Å². The van der Waals surface area contributed by atoms with E-state index in [0.717, 1.165) is 5.56 Å². The summed E-state index contributed by atoms with van der Waals surface area (Å²) in [6.45, 7) is 2.37. The summed E-state index contributed by atoms with van der Waals surface area (Å²) in [5, 5.41) is 22.7. The zero-order valence-corrected chi connectivity index (χ0v) is 12.2. The van der Waals surface area contributed by atoms with E-state index in [-0.39, 0.29) is 17.8 Å². The fourth-order valence-corrected chi connectivity index (χ4v) is 2.79. The number of halogens is 1. The molecular formula is C16H22FNO3. The van der Waals surface area contributed by atoms with Crippen molar-refractivity contribution in [3.63, 3.8) is 0 Å². The molecular weight excluding hydrogens is 273 g/mol. The van der Waals surface area contributed by atoms with E-state index in [2.05, 4.69) is 5.32 Å². The van der Waals surface area contributed by atoms with Gasteiger partial charge in [0.1, 0.15) is 5.82 Å². The standard InChI is InChI=1S/C16H22FNO3/c1-11(12-2-4-14(17)5-3-12)18-10-16(21)8-6-13(7-9-16)15(19)20/h2-5,11,13,18,21H,6-10H2,1H3,(H,19,20). The molecule has 1 unspecified atom stereocenters. The average Bonchev–Trinajstić information content (AvgIpc) is 2.46. The maximum absolute atomic E-state index is 12.9. The molecule has 0 radical (unpaired) electrons. The molecule has 1 atom stereocenters. The van der Waals surface area contributed by atoms with Gasteiger partial charge in [-0.15, -0.1) is 0 Å². The van der Waals surface area contributed by atoms with Crippen molar-refractivity contribution in [1.82, 2.24) is 5.32 Å². The third-order valence-corrected chi connectivity index (χ3v) is 4.37. The van der Waals surface area contributed by atoms with Gasteiger partial charge in [0.2, 0.25) is 0 Å². The van der Waals surface area contributed by atoms with Crippen LogP contribution >= 0.6 is 0 Å². The molecule has 0 aliphatic heterocycles. The SMILES string of the molecule is CC(NCC1(O)CCC(C(=O)O)CC1)c1ccc(F)cc1. The first-order chi connectivity index (χ1) is 9.89. The van der Waals surface area contributed by atoms with Crippen LogP contribution in [0.2, 0.25) is 0 Å². The average molecular weight is 295 g/mol. The highest BCUT2D eigenvalue weighted by atomic mass is 19.1. The van der Waals surface area contributed by atoms with E-state index in [1.54, 1.807) is 12.1 Å². The van der Waals surface area contributed by atoms with Gasteiger partial charge in [0, 0.05) is 12.6 Å². The quantitative estimate of drug-likeness (QED) is 0.780. The lowest BCUT2D eigenvalue weighted by atomic mass is 9.78. The van der Waals surface area contributed by atoms with E-state index in [1.807, 2.05) is 6.92 Å². The number of carboxylic acid groups (broad SMARTS) is 1. The Balaban J connectivity index is 1.85. The summed E-state index contributed by atoms with van der Waals surface area (Å²) in [7, 11) is 0. The Kier molecular flexibility index (Phi) is 4.96. The fraction of sp³-hybridized carbons (Fsp3) is 0.562. The maximum Gasteiger partial charge on any atom is 0.306 e. The summed E-state index contributed by atoms with van der Waals surface area (Å²) in [6, 6.07) is 6.28. The molecule has 4 nitrogen and oxygen atoms in total. The van der Waals surface area contributed by atoms with Crippen LogP contribution < -0.4 is 5.32 Å². The van der Waals surface area contributed by atoms with Crippen molar-refractivity contribution in [2.24, 2.45) is 5.92 Å². The zero-order valence-electron chi connectivity index (χ0n) is 12.2. The third kappa shape index (κ3) is 4.25. The van der Waals surface area contributed by atoms with Crippen molar-refractivity contribution in [2.75, 3.05) is 6.54 Å². The van der Waals surface area contributed by atoms with E-state index in [0.29, 0.717) is 32.2 Å². The predicted molar refractivity (Wildman–Crippen MR) is 77.4 cm³/mol. The molecule has 0 aromatic heterocycles. The summed E-state index contributed by atoms with van der Waals surface area (Å²) in [4.78, 5) is 10.9. The molecule has 0 saturated heterocycles. The highest BCUT2D eigenvalue weighted by Crippen LogP contribution is 2.32. The summed E-state index contributed by atoms with van der Waals surface area (Å²) in [6.07, 6.45) is 2.01. The van der Waals surface area contributed by atoms with Gasteiger partial charge < -0.3 is 15.5 Å². The van der Waals surface area contributed by atoms with Crippen LogP contribution in [-0.4, -0.2) is 28.3 Å². The van der Waals surface area contributed by atoms with Crippen LogP contribution in [0.15, 0.2) is 24.3 Å². The van der Waals surface area contributed by atoms with Crippen LogP contribution in [0.1, 0.15) is 44.2 Å². The lowest BCUT2D eigenvalue weighted by molar-refractivity contribution is -0.144. The number of carboxylic acids is 1.